The second kappa shape index (κ2) is 7.22. The molecule has 1 amide bonds. The minimum absolute atomic E-state index is 0.0614. The van der Waals surface area contributed by atoms with E-state index in [-0.39, 0.29) is 5.91 Å². The molecule has 1 aromatic heterocycles. The van der Waals surface area contributed by atoms with Crippen LogP contribution in [0, 0.1) is 0 Å². The first kappa shape index (κ1) is 16.2. The van der Waals surface area contributed by atoms with Crippen molar-refractivity contribution in [2.24, 2.45) is 0 Å². The SMILES string of the molecule is CCNc1ncc(Br)cc1C(=O)N1CCCC(N(C)C)C1. The van der Waals surface area contributed by atoms with Crippen molar-refractivity contribution in [3.05, 3.63) is 22.3 Å². The molecule has 116 valence electrons. The molecule has 2 heterocycles. The molecule has 5 nitrogen and oxygen atoms in total. The number of amides is 1. The second-order valence-electron chi connectivity index (χ2n) is 5.59. The summed E-state index contributed by atoms with van der Waals surface area (Å²) in [7, 11) is 4.15. The van der Waals surface area contributed by atoms with Crippen LogP contribution in [-0.2, 0) is 0 Å². The van der Waals surface area contributed by atoms with Gasteiger partial charge in [0.1, 0.15) is 5.82 Å². The van der Waals surface area contributed by atoms with Crippen LogP contribution in [0.1, 0.15) is 30.1 Å². The summed E-state index contributed by atoms with van der Waals surface area (Å²) >= 11 is 3.41. The number of nitrogens with zero attached hydrogens (tertiary/aromatic N) is 3. The van der Waals surface area contributed by atoms with Crippen LogP contribution < -0.4 is 5.32 Å². The second-order valence-corrected chi connectivity index (χ2v) is 6.51. The Labute approximate surface area is 134 Å². The van der Waals surface area contributed by atoms with Gasteiger partial charge in [-0.15, -0.1) is 0 Å². The Bertz CT molecular complexity index is 506. The lowest BCUT2D eigenvalue weighted by Crippen LogP contribution is -2.47. The zero-order valence-electron chi connectivity index (χ0n) is 12.9. The fourth-order valence-electron chi connectivity index (χ4n) is 2.64. The maximum absolute atomic E-state index is 12.8. The van der Waals surface area contributed by atoms with E-state index in [4.69, 9.17) is 0 Å². The third-order valence-corrected chi connectivity index (χ3v) is 4.28. The van der Waals surface area contributed by atoms with E-state index in [0.717, 1.165) is 36.9 Å². The van der Waals surface area contributed by atoms with Crippen LogP contribution in [0.2, 0.25) is 0 Å². The molecule has 1 aromatic rings. The van der Waals surface area contributed by atoms with Gasteiger partial charge in [-0.25, -0.2) is 4.98 Å². The summed E-state index contributed by atoms with van der Waals surface area (Å²) in [4.78, 5) is 21.3. The first-order valence-electron chi connectivity index (χ1n) is 7.38. The molecule has 2 rings (SSSR count). The predicted octanol–water partition coefficient (Wildman–Crippen LogP) is 2.44. The van der Waals surface area contributed by atoms with Crippen LogP contribution in [0.4, 0.5) is 5.82 Å². The van der Waals surface area contributed by atoms with E-state index in [9.17, 15) is 4.79 Å². The van der Waals surface area contributed by atoms with Gasteiger partial charge in [0.2, 0.25) is 0 Å². The van der Waals surface area contributed by atoms with Gasteiger partial charge in [0.05, 0.1) is 5.56 Å². The van der Waals surface area contributed by atoms with Gasteiger partial charge < -0.3 is 15.1 Å². The van der Waals surface area contributed by atoms with Crippen molar-refractivity contribution < 1.29 is 4.79 Å². The van der Waals surface area contributed by atoms with Crippen LogP contribution >= 0.6 is 15.9 Å². The number of halogens is 1. The smallest absolute Gasteiger partial charge is 0.257 e. The molecule has 1 atom stereocenters. The molecule has 0 aromatic carbocycles. The maximum Gasteiger partial charge on any atom is 0.257 e. The number of nitrogens with one attached hydrogen (secondary N) is 1. The number of anilines is 1. The maximum atomic E-state index is 12.8. The first-order chi connectivity index (χ1) is 10.0. The van der Waals surface area contributed by atoms with Gasteiger partial charge in [0.25, 0.3) is 5.91 Å². The summed E-state index contributed by atoms with van der Waals surface area (Å²) in [5.74, 6) is 0.726. The fourth-order valence-corrected chi connectivity index (χ4v) is 2.97. The number of carbonyl (C=O) groups is 1. The Kier molecular flexibility index (Phi) is 5.58. The monoisotopic (exact) mass is 354 g/mol. The summed E-state index contributed by atoms with van der Waals surface area (Å²) in [6.07, 6.45) is 3.91. The minimum Gasteiger partial charge on any atom is -0.370 e. The Morgan fingerprint density at radius 1 is 1.57 bits per heavy atom. The zero-order valence-corrected chi connectivity index (χ0v) is 14.5. The zero-order chi connectivity index (χ0) is 15.4. The molecular weight excluding hydrogens is 332 g/mol. The molecule has 1 N–H and O–H groups in total. The molecular formula is C15H23BrN4O. The quantitative estimate of drug-likeness (QED) is 0.901. The fraction of sp³-hybridized carbons (Fsp3) is 0.600. The lowest BCUT2D eigenvalue weighted by molar-refractivity contribution is 0.0635. The van der Waals surface area contributed by atoms with Gasteiger partial charge in [0.15, 0.2) is 0 Å². The highest BCUT2D eigenvalue weighted by atomic mass is 79.9. The molecule has 1 saturated heterocycles. The largest absolute Gasteiger partial charge is 0.370 e. The number of hydrogen-bond acceptors (Lipinski definition) is 4. The van der Waals surface area contributed by atoms with Crippen molar-refractivity contribution in [1.29, 1.82) is 0 Å². The van der Waals surface area contributed by atoms with E-state index in [2.05, 4.69) is 45.2 Å². The Hall–Kier alpha value is -1.14. The summed E-state index contributed by atoms with van der Waals surface area (Å²) < 4.78 is 0.827. The molecule has 1 unspecified atom stereocenters. The normalized spacial score (nSPS) is 18.9. The summed E-state index contributed by atoms with van der Waals surface area (Å²) in [5, 5.41) is 3.17. The van der Waals surface area contributed by atoms with E-state index in [1.165, 1.54) is 0 Å². The van der Waals surface area contributed by atoms with Crippen LogP contribution in [-0.4, -0.2) is 60.5 Å². The van der Waals surface area contributed by atoms with E-state index in [1.54, 1.807) is 6.20 Å². The number of piperidine rings is 1. The van der Waals surface area contributed by atoms with Gasteiger partial charge in [0, 0.05) is 36.3 Å². The van der Waals surface area contributed by atoms with Crippen molar-refractivity contribution >= 4 is 27.7 Å². The Balaban J connectivity index is 2.20. The third-order valence-electron chi connectivity index (χ3n) is 3.84. The molecule has 1 aliphatic rings. The summed E-state index contributed by atoms with van der Waals surface area (Å²) in [5.41, 5.74) is 0.644. The van der Waals surface area contributed by atoms with Gasteiger partial charge in [-0.1, -0.05) is 0 Å². The highest BCUT2D eigenvalue weighted by Crippen LogP contribution is 2.22. The highest BCUT2D eigenvalue weighted by Gasteiger charge is 2.27. The van der Waals surface area contributed by atoms with Crippen molar-refractivity contribution in [3.8, 4) is 0 Å². The molecule has 1 fully saturated rings. The van der Waals surface area contributed by atoms with E-state index in [1.807, 2.05) is 17.9 Å². The number of likely N-dealkylation sites (tertiary alicyclic amines) is 1. The number of likely N-dealkylation sites (N-methyl/N-ethyl adjacent to an activating group) is 1. The van der Waals surface area contributed by atoms with Crippen molar-refractivity contribution in [3.63, 3.8) is 0 Å². The standard InChI is InChI=1S/C15H23BrN4O/c1-4-17-14-13(8-11(16)9-18-14)15(21)20-7-5-6-12(10-20)19(2)3/h8-9,12H,4-7,10H2,1-3H3,(H,17,18). The Morgan fingerprint density at radius 3 is 3.00 bits per heavy atom. The van der Waals surface area contributed by atoms with Gasteiger partial charge >= 0.3 is 0 Å². The molecule has 0 bridgehead atoms. The average molecular weight is 355 g/mol. The van der Waals surface area contributed by atoms with E-state index < -0.39 is 0 Å². The Morgan fingerprint density at radius 2 is 2.33 bits per heavy atom. The van der Waals surface area contributed by atoms with E-state index in [0.29, 0.717) is 17.4 Å². The van der Waals surface area contributed by atoms with Gasteiger partial charge in [-0.3, -0.25) is 4.79 Å². The van der Waals surface area contributed by atoms with Crippen LogP contribution in [0.25, 0.3) is 0 Å². The third kappa shape index (κ3) is 3.95. The van der Waals surface area contributed by atoms with Crippen molar-refractivity contribution in [2.75, 3.05) is 39.0 Å². The number of aromatic nitrogens is 1. The van der Waals surface area contributed by atoms with Crippen molar-refractivity contribution in [1.82, 2.24) is 14.8 Å². The molecule has 0 radical (unpaired) electrons. The topological polar surface area (TPSA) is 48.5 Å². The molecule has 6 heteroatoms. The van der Waals surface area contributed by atoms with Crippen LogP contribution in [0.5, 0.6) is 0 Å². The minimum atomic E-state index is 0.0614. The molecule has 21 heavy (non-hydrogen) atoms. The van der Waals surface area contributed by atoms with Crippen molar-refractivity contribution in [2.45, 2.75) is 25.8 Å². The molecule has 1 aliphatic heterocycles. The molecule has 0 aliphatic carbocycles. The number of rotatable bonds is 4. The predicted molar refractivity (Wildman–Crippen MR) is 88.7 cm³/mol. The average Bonchev–Trinajstić information content (AvgIpc) is 2.48. The highest BCUT2D eigenvalue weighted by molar-refractivity contribution is 9.10. The van der Waals surface area contributed by atoms with Crippen LogP contribution in [0.15, 0.2) is 16.7 Å². The van der Waals surface area contributed by atoms with E-state index >= 15 is 0 Å². The number of pyridine rings is 1. The summed E-state index contributed by atoms with van der Waals surface area (Å²) in [6, 6.07) is 2.29. The van der Waals surface area contributed by atoms with Gasteiger partial charge in [-0.2, -0.15) is 0 Å². The number of hydrogen-bond donors (Lipinski definition) is 1. The molecule has 0 saturated carbocycles. The van der Waals surface area contributed by atoms with Crippen LogP contribution in [0.3, 0.4) is 0 Å². The lowest BCUT2D eigenvalue weighted by atomic mass is 10.0. The van der Waals surface area contributed by atoms with Gasteiger partial charge in [-0.05, 0) is 55.9 Å². The lowest BCUT2D eigenvalue weighted by Gasteiger charge is -2.36. The summed E-state index contributed by atoms with van der Waals surface area (Å²) in [6.45, 7) is 4.35. The first-order valence-corrected chi connectivity index (χ1v) is 8.17. The number of carbonyl (C=O) groups excluding carboxylic acids is 1. The molecule has 0 spiro atoms.